The van der Waals surface area contributed by atoms with Crippen LogP contribution in [0.3, 0.4) is 0 Å². The third-order valence-electron chi connectivity index (χ3n) is 5.59. The number of ether oxygens (including phenoxy) is 1. The predicted molar refractivity (Wildman–Crippen MR) is 121 cm³/mol. The van der Waals surface area contributed by atoms with Crippen LogP contribution in [0, 0.1) is 5.82 Å². The third kappa shape index (κ3) is 4.94. The van der Waals surface area contributed by atoms with Gasteiger partial charge in [-0.1, -0.05) is 6.07 Å². The summed E-state index contributed by atoms with van der Waals surface area (Å²) in [6.45, 7) is 4.45. The first-order valence-electron chi connectivity index (χ1n) is 10.6. The number of pyridine rings is 1. The Balaban J connectivity index is 1.48. The highest BCUT2D eigenvalue weighted by Crippen LogP contribution is 2.27. The fraction of sp³-hybridized carbons (Fsp3) is 0.333. The molecule has 1 saturated heterocycles. The quantitative estimate of drug-likeness (QED) is 0.591. The second-order valence-electron chi connectivity index (χ2n) is 7.62. The molecule has 162 valence electrons. The Hall–Kier alpha value is -3.19. The van der Waals surface area contributed by atoms with Crippen LogP contribution < -0.4 is 15.1 Å². The molecule has 31 heavy (non-hydrogen) atoms. The smallest absolute Gasteiger partial charge is 0.251 e. The number of amides is 1. The summed E-state index contributed by atoms with van der Waals surface area (Å²) in [7, 11) is 1.65. The largest absolute Gasteiger partial charge is 0.385 e. The summed E-state index contributed by atoms with van der Waals surface area (Å²) in [6.07, 6.45) is 2.59. The highest BCUT2D eigenvalue weighted by atomic mass is 19.1. The molecule has 7 heteroatoms. The zero-order valence-corrected chi connectivity index (χ0v) is 17.7. The lowest BCUT2D eigenvalue weighted by Crippen LogP contribution is -2.46. The maximum atomic E-state index is 13.2. The number of methoxy groups -OCH3 is 1. The Kier molecular flexibility index (Phi) is 6.62. The third-order valence-corrected chi connectivity index (χ3v) is 5.59. The first-order valence-corrected chi connectivity index (χ1v) is 10.6. The van der Waals surface area contributed by atoms with Gasteiger partial charge >= 0.3 is 0 Å². The van der Waals surface area contributed by atoms with Gasteiger partial charge in [0.1, 0.15) is 11.6 Å². The topological polar surface area (TPSA) is 57.7 Å². The molecule has 4 rings (SSSR count). The van der Waals surface area contributed by atoms with Crippen LogP contribution >= 0.6 is 0 Å². The standard InChI is InChI=1S/C24H27FN4O2/c1-31-16-2-10-27-24(30)19-4-3-18-9-11-26-23(22(18)17-19)29-14-12-28(13-15-29)21-7-5-20(25)6-8-21/h3-9,11,17H,2,10,12-16H2,1H3,(H,27,30). The molecule has 0 atom stereocenters. The number of carbonyl (C=O) groups excluding carboxylic acids is 1. The van der Waals surface area contributed by atoms with E-state index in [9.17, 15) is 9.18 Å². The Morgan fingerprint density at radius 1 is 1.06 bits per heavy atom. The molecule has 1 N–H and O–H groups in total. The molecular weight excluding hydrogens is 395 g/mol. The Morgan fingerprint density at radius 3 is 2.55 bits per heavy atom. The number of piperazine rings is 1. The van der Waals surface area contributed by atoms with E-state index in [-0.39, 0.29) is 11.7 Å². The van der Waals surface area contributed by atoms with Crippen molar-refractivity contribution in [3.63, 3.8) is 0 Å². The fourth-order valence-corrected chi connectivity index (χ4v) is 3.90. The molecule has 0 radical (unpaired) electrons. The van der Waals surface area contributed by atoms with Crippen molar-refractivity contribution in [1.29, 1.82) is 0 Å². The highest BCUT2D eigenvalue weighted by molar-refractivity contribution is 6.01. The van der Waals surface area contributed by atoms with Gasteiger partial charge in [0, 0.05) is 69.3 Å². The van der Waals surface area contributed by atoms with Gasteiger partial charge in [-0.2, -0.15) is 0 Å². The lowest BCUT2D eigenvalue weighted by molar-refractivity contribution is 0.0948. The molecule has 0 saturated carbocycles. The molecule has 1 fully saturated rings. The first-order chi connectivity index (χ1) is 15.2. The number of hydrogen-bond acceptors (Lipinski definition) is 5. The van der Waals surface area contributed by atoms with Crippen LogP contribution in [0.5, 0.6) is 0 Å². The van der Waals surface area contributed by atoms with E-state index in [1.54, 1.807) is 7.11 Å². The van der Waals surface area contributed by atoms with Crippen molar-refractivity contribution in [1.82, 2.24) is 10.3 Å². The Morgan fingerprint density at radius 2 is 1.81 bits per heavy atom. The van der Waals surface area contributed by atoms with Gasteiger partial charge in [-0.3, -0.25) is 4.79 Å². The van der Waals surface area contributed by atoms with E-state index >= 15 is 0 Å². The van der Waals surface area contributed by atoms with E-state index in [2.05, 4.69) is 20.1 Å². The number of nitrogens with one attached hydrogen (secondary N) is 1. The van der Waals surface area contributed by atoms with Gasteiger partial charge in [-0.05, 0) is 54.3 Å². The van der Waals surface area contributed by atoms with Crippen LogP contribution in [0.25, 0.3) is 10.8 Å². The zero-order chi connectivity index (χ0) is 21.6. The van der Waals surface area contributed by atoms with Crippen molar-refractivity contribution in [3.05, 3.63) is 66.1 Å². The molecule has 3 aromatic rings. The molecule has 1 aliphatic heterocycles. The molecule has 0 unspecified atom stereocenters. The van der Waals surface area contributed by atoms with E-state index in [1.165, 1.54) is 12.1 Å². The number of aromatic nitrogens is 1. The SMILES string of the molecule is COCCCNC(=O)c1ccc2ccnc(N3CCN(c4ccc(F)cc4)CC3)c2c1. The average Bonchev–Trinajstić information content (AvgIpc) is 2.81. The summed E-state index contributed by atoms with van der Waals surface area (Å²) >= 11 is 0. The summed E-state index contributed by atoms with van der Waals surface area (Å²) in [5.74, 6) is 0.583. The molecule has 1 aliphatic rings. The van der Waals surface area contributed by atoms with Crippen LogP contribution in [0.15, 0.2) is 54.7 Å². The number of rotatable bonds is 7. The van der Waals surface area contributed by atoms with Crippen LogP contribution in [-0.2, 0) is 4.74 Å². The van der Waals surface area contributed by atoms with Gasteiger partial charge in [0.05, 0.1) is 0 Å². The number of carbonyl (C=O) groups is 1. The molecule has 1 aromatic heterocycles. The molecule has 2 heterocycles. The van der Waals surface area contributed by atoms with Crippen molar-refractivity contribution >= 4 is 28.2 Å². The second-order valence-corrected chi connectivity index (χ2v) is 7.62. The number of hydrogen-bond donors (Lipinski definition) is 1. The number of benzene rings is 2. The van der Waals surface area contributed by atoms with Gasteiger partial charge < -0.3 is 19.9 Å². The Bertz CT molecular complexity index is 1030. The number of anilines is 2. The maximum absolute atomic E-state index is 13.2. The minimum atomic E-state index is -0.221. The van der Waals surface area contributed by atoms with Gasteiger partial charge in [-0.15, -0.1) is 0 Å². The van der Waals surface area contributed by atoms with Gasteiger partial charge in [-0.25, -0.2) is 9.37 Å². The predicted octanol–water partition coefficient (Wildman–Crippen LogP) is 3.47. The van der Waals surface area contributed by atoms with Crippen molar-refractivity contribution in [2.45, 2.75) is 6.42 Å². The molecule has 0 spiro atoms. The summed E-state index contributed by atoms with van der Waals surface area (Å²) < 4.78 is 18.2. The lowest BCUT2D eigenvalue weighted by atomic mass is 10.1. The van der Waals surface area contributed by atoms with E-state index in [0.717, 1.165) is 54.9 Å². The van der Waals surface area contributed by atoms with Crippen molar-refractivity contribution < 1.29 is 13.9 Å². The van der Waals surface area contributed by atoms with Crippen molar-refractivity contribution in [2.75, 3.05) is 56.2 Å². The van der Waals surface area contributed by atoms with Crippen LogP contribution in [-0.4, -0.2) is 57.3 Å². The van der Waals surface area contributed by atoms with Crippen LogP contribution in [0.4, 0.5) is 15.9 Å². The number of halogens is 1. The molecule has 0 aliphatic carbocycles. The van der Waals surface area contributed by atoms with Crippen molar-refractivity contribution in [3.8, 4) is 0 Å². The molecular formula is C24H27FN4O2. The van der Waals surface area contributed by atoms with Gasteiger partial charge in [0.25, 0.3) is 5.91 Å². The Labute approximate surface area is 181 Å². The van der Waals surface area contributed by atoms with Gasteiger partial charge in [0.2, 0.25) is 0 Å². The highest BCUT2D eigenvalue weighted by Gasteiger charge is 2.20. The first kappa shape index (κ1) is 21.1. The average molecular weight is 423 g/mol. The molecule has 1 amide bonds. The summed E-state index contributed by atoms with van der Waals surface area (Å²) in [6, 6.07) is 14.3. The minimum Gasteiger partial charge on any atom is -0.385 e. The normalized spacial score (nSPS) is 14.1. The van der Waals surface area contributed by atoms with E-state index < -0.39 is 0 Å². The minimum absolute atomic E-state index is 0.0889. The summed E-state index contributed by atoms with van der Waals surface area (Å²) in [5, 5.41) is 4.97. The van der Waals surface area contributed by atoms with Crippen molar-refractivity contribution in [2.24, 2.45) is 0 Å². The summed E-state index contributed by atoms with van der Waals surface area (Å²) in [5.41, 5.74) is 1.66. The zero-order valence-electron chi connectivity index (χ0n) is 17.7. The number of fused-ring (bicyclic) bond motifs is 1. The van der Waals surface area contributed by atoms with E-state index in [0.29, 0.717) is 18.7 Å². The van der Waals surface area contributed by atoms with E-state index in [1.807, 2.05) is 42.6 Å². The second kappa shape index (κ2) is 9.75. The van der Waals surface area contributed by atoms with Crippen LogP contribution in [0.1, 0.15) is 16.8 Å². The van der Waals surface area contributed by atoms with Gasteiger partial charge in [0.15, 0.2) is 0 Å². The monoisotopic (exact) mass is 422 g/mol. The fourth-order valence-electron chi connectivity index (χ4n) is 3.90. The number of nitrogens with zero attached hydrogens (tertiary/aromatic N) is 3. The molecule has 0 bridgehead atoms. The lowest BCUT2D eigenvalue weighted by Gasteiger charge is -2.37. The van der Waals surface area contributed by atoms with Crippen LogP contribution in [0.2, 0.25) is 0 Å². The molecule has 2 aromatic carbocycles. The maximum Gasteiger partial charge on any atom is 0.251 e. The summed E-state index contributed by atoms with van der Waals surface area (Å²) in [4.78, 5) is 21.7. The molecule has 6 nitrogen and oxygen atoms in total. The van der Waals surface area contributed by atoms with E-state index in [4.69, 9.17) is 4.74 Å².